The molecule has 3 aromatic rings. The topological polar surface area (TPSA) is 45.5 Å². The SMILES string of the molecule is O=C(c1cc2ccccc2n1Cc1ccccc1)N1CCC(CO)CC1. The first-order valence-corrected chi connectivity index (χ1v) is 9.28. The molecule has 2 heterocycles. The molecule has 4 nitrogen and oxygen atoms in total. The molecule has 1 amide bonds. The first-order chi connectivity index (χ1) is 12.8. The van der Waals surface area contributed by atoms with Crippen LogP contribution in [-0.2, 0) is 6.54 Å². The molecule has 26 heavy (non-hydrogen) atoms. The van der Waals surface area contributed by atoms with Crippen molar-refractivity contribution >= 4 is 16.8 Å². The van der Waals surface area contributed by atoms with Gasteiger partial charge in [-0.25, -0.2) is 0 Å². The zero-order chi connectivity index (χ0) is 17.9. The normalized spacial score (nSPS) is 15.5. The first-order valence-electron chi connectivity index (χ1n) is 9.28. The maximum absolute atomic E-state index is 13.2. The van der Waals surface area contributed by atoms with Crippen molar-refractivity contribution in [2.45, 2.75) is 19.4 Å². The monoisotopic (exact) mass is 348 g/mol. The zero-order valence-corrected chi connectivity index (χ0v) is 14.8. The third-order valence-electron chi connectivity index (χ3n) is 5.37. The second-order valence-electron chi connectivity index (χ2n) is 7.08. The summed E-state index contributed by atoms with van der Waals surface area (Å²) < 4.78 is 2.13. The molecule has 0 atom stereocenters. The third-order valence-corrected chi connectivity index (χ3v) is 5.37. The molecule has 4 heteroatoms. The quantitative estimate of drug-likeness (QED) is 0.784. The molecule has 1 aromatic heterocycles. The average Bonchev–Trinajstić information content (AvgIpc) is 3.07. The number of nitrogens with zero attached hydrogens (tertiary/aromatic N) is 2. The number of fused-ring (bicyclic) bond motifs is 1. The predicted octanol–water partition coefficient (Wildman–Crippen LogP) is 3.53. The molecular weight excluding hydrogens is 324 g/mol. The molecule has 134 valence electrons. The van der Waals surface area contributed by atoms with Crippen LogP contribution in [0, 0.1) is 5.92 Å². The number of hydrogen-bond acceptors (Lipinski definition) is 2. The zero-order valence-electron chi connectivity index (χ0n) is 14.8. The summed E-state index contributed by atoms with van der Waals surface area (Å²) in [7, 11) is 0. The van der Waals surface area contributed by atoms with E-state index in [9.17, 15) is 9.90 Å². The summed E-state index contributed by atoms with van der Waals surface area (Å²) in [6.07, 6.45) is 1.75. The minimum atomic E-state index is 0.0912. The van der Waals surface area contributed by atoms with Crippen LogP contribution in [0.4, 0.5) is 0 Å². The molecular formula is C22H24N2O2. The fourth-order valence-electron chi connectivity index (χ4n) is 3.80. The van der Waals surface area contributed by atoms with Gasteiger partial charge in [0, 0.05) is 37.1 Å². The van der Waals surface area contributed by atoms with E-state index in [0.717, 1.165) is 42.5 Å². The molecule has 0 saturated carbocycles. The van der Waals surface area contributed by atoms with Crippen molar-refractivity contribution in [3.05, 3.63) is 71.9 Å². The summed E-state index contributed by atoms with van der Waals surface area (Å²) in [4.78, 5) is 15.2. The number of hydrogen-bond donors (Lipinski definition) is 1. The Labute approximate surface area is 153 Å². The van der Waals surface area contributed by atoms with Gasteiger partial charge in [0.05, 0.1) is 0 Å². The van der Waals surface area contributed by atoms with E-state index in [1.165, 1.54) is 5.56 Å². The van der Waals surface area contributed by atoms with Crippen molar-refractivity contribution in [1.29, 1.82) is 0 Å². The molecule has 1 N–H and O–H groups in total. The van der Waals surface area contributed by atoms with Crippen molar-refractivity contribution in [2.24, 2.45) is 5.92 Å². The highest BCUT2D eigenvalue weighted by atomic mass is 16.3. The van der Waals surface area contributed by atoms with Crippen LogP contribution in [0.5, 0.6) is 0 Å². The Morgan fingerprint density at radius 2 is 1.69 bits per heavy atom. The lowest BCUT2D eigenvalue weighted by Gasteiger charge is -2.31. The average molecular weight is 348 g/mol. The summed E-state index contributed by atoms with van der Waals surface area (Å²) in [5.74, 6) is 0.419. The molecule has 4 rings (SSSR count). The maximum Gasteiger partial charge on any atom is 0.270 e. The van der Waals surface area contributed by atoms with Crippen LogP contribution in [-0.4, -0.2) is 40.2 Å². The number of carbonyl (C=O) groups excluding carboxylic acids is 1. The molecule has 2 aromatic carbocycles. The van der Waals surface area contributed by atoms with Gasteiger partial charge < -0.3 is 14.6 Å². The van der Waals surface area contributed by atoms with Crippen molar-refractivity contribution in [2.75, 3.05) is 19.7 Å². The van der Waals surface area contributed by atoms with Crippen molar-refractivity contribution in [1.82, 2.24) is 9.47 Å². The lowest BCUT2D eigenvalue weighted by Crippen LogP contribution is -2.40. The molecule has 0 radical (unpaired) electrons. The maximum atomic E-state index is 13.2. The molecule has 0 aliphatic carbocycles. The summed E-state index contributed by atoms with van der Waals surface area (Å²) >= 11 is 0. The highest BCUT2D eigenvalue weighted by molar-refractivity contribution is 5.98. The largest absolute Gasteiger partial charge is 0.396 e. The van der Waals surface area contributed by atoms with Gasteiger partial charge in [-0.3, -0.25) is 4.79 Å². The second kappa shape index (κ2) is 7.34. The molecule has 1 saturated heterocycles. The minimum Gasteiger partial charge on any atom is -0.396 e. The molecule has 1 fully saturated rings. The van der Waals surface area contributed by atoms with Gasteiger partial charge in [0.25, 0.3) is 5.91 Å². The van der Waals surface area contributed by atoms with E-state index in [-0.39, 0.29) is 12.5 Å². The summed E-state index contributed by atoms with van der Waals surface area (Å²) in [6.45, 7) is 2.34. The number of carbonyl (C=O) groups is 1. The Kier molecular flexibility index (Phi) is 4.76. The lowest BCUT2D eigenvalue weighted by atomic mass is 9.98. The highest BCUT2D eigenvalue weighted by Gasteiger charge is 2.26. The van der Waals surface area contributed by atoms with Gasteiger partial charge in [-0.1, -0.05) is 48.5 Å². The number of benzene rings is 2. The fraction of sp³-hybridized carbons (Fsp3) is 0.318. The Hall–Kier alpha value is -2.59. The predicted molar refractivity (Wildman–Crippen MR) is 103 cm³/mol. The minimum absolute atomic E-state index is 0.0912. The van der Waals surface area contributed by atoms with E-state index in [1.54, 1.807) is 0 Å². The van der Waals surface area contributed by atoms with E-state index in [1.807, 2.05) is 41.3 Å². The Bertz CT molecular complexity index is 893. The lowest BCUT2D eigenvalue weighted by molar-refractivity contribution is 0.0641. The second-order valence-corrected chi connectivity index (χ2v) is 7.08. The molecule has 0 bridgehead atoms. The van der Waals surface area contributed by atoms with Gasteiger partial charge in [-0.2, -0.15) is 0 Å². The smallest absolute Gasteiger partial charge is 0.270 e. The standard InChI is InChI=1S/C22H24N2O2/c25-16-18-10-12-23(13-11-18)22(26)21-14-19-8-4-5-9-20(19)24(21)15-17-6-2-1-3-7-17/h1-9,14,18,25H,10-13,15-16H2. The molecule has 0 unspecified atom stereocenters. The molecule has 0 spiro atoms. The highest BCUT2D eigenvalue weighted by Crippen LogP contribution is 2.24. The van der Waals surface area contributed by atoms with Crippen LogP contribution >= 0.6 is 0 Å². The van der Waals surface area contributed by atoms with Gasteiger partial charge in [-0.15, -0.1) is 0 Å². The number of amides is 1. The Morgan fingerprint density at radius 3 is 2.42 bits per heavy atom. The van der Waals surface area contributed by atoms with E-state index >= 15 is 0 Å². The van der Waals surface area contributed by atoms with E-state index in [2.05, 4.69) is 28.8 Å². The number of para-hydroxylation sites is 1. The van der Waals surface area contributed by atoms with Gasteiger partial charge in [0.15, 0.2) is 0 Å². The first kappa shape index (κ1) is 16.9. The van der Waals surface area contributed by atoms with Crippen LogP contribution in [0.2, 0.25) is 0 Å². The number of aromatic nitrogens is 1. The van der Waals surface area contributed by atoms with Gasteiger partial charge in [-0.05, 0) is 36.5 Å². The van der Waals surface area contributed by atoms with Crippen molar-refractivity contribution in [3.8, 4) is 0 Å². The molecule has 1 aliphatic rings. The Balaban J connectivity index is 1.68. The van der Waals surface area contributed by atoms with Crippen molar-refractivity contribution in [3.63, 3.8) is 0 Å². The third kappa shape index (κ3) is 3.25. The number of piperidine rings is 1. The Morgan fingerprint density at radius 1 is 1.00 bits per heavy atom. The van der Waals surface area contributed by atoms with Gasteiger partial charge >= 0.3 is 0 Å². The van der Waals surface area contributed by atoms with E-state index in [0.29, 0.717) is 12.5 Å². The van der Waals surface area contributed by atoms with Crippen LogP contribution in [0.1, 0.15) is 28.9 Å². The van der Waals surface area contributed by atoms with E-state index in [4.69, 9.17) is 0 Å². The van der Waals surface area contributed by atoms with Crippen LogP contribution in [0.15, 0.2) is 60.7 Å². The van der Waals surface area contributed by atoms with E-state index < -0.39 is 0 Å². The number of likely N-dealkylation sites (tertiary alicyclic amines) is 1. The number of aliphatic hydroxyl groups excluding tert-OH is 1. The van der Waals surface area contributed by atoms with Crippen LogP contribution < -0.4 is 0 Å². The summed E-state index contributed by atoms with van der Waals surface area (Å²) in [6, 6.07) is 20.4. The van der Waals surface area contributed by atoms with Crippen LogP contribution in [0.3, 0.4) is 0 Å². The van der Waals surface area contributed by atoms with Crippen LogP contribution in [0.25, 0.3) is 10.9 Å². The van der Waals surface area contributed by atoms with Gasteiger partial charge in [0.1, 0.15) is 5.69 Å². The molecule has 1 aliphatic heterocycles. The fourth-order valence-corrected chi connectivity index (χ4v) is 3.80. The van der Waals surface area contributed by atoms with Gasteiger partial charge in [0.2, 0.25) is 0 Å². The number of aliphatic hydroxyl groups is 1. The summed E-state index contributed by atoms with van der Waals surface area (Å²) in [5, 5.41) is 10.4. The summed E-state index contributed by atoms with van der Waals surface area (Å²) in [5.41, 5.74) is 3.02. The number of rotatable bonds is 4. The van der Waals surface area contributed by atoms with Crippen molar-refractivity contribution < 1.29 is 9.90 Å².